The Kier molecular flexibility index (Phi) is 12.0. The Morgan fingerprint density at radius 1 is 0.833 bits per heavy atom. The third-order valence-corrected chi connectivity index (χ3v) is 5.21. The Bertz CT molecular complexity index is 954. The highest BCUT2D eigenvalue weighted by Gasteiger charge is 2.32. The predicted octanol–water partition coefficient (Wildman–Crippen LogP) is -2.11. The summed E-state index contributed by atoms with van der Waals surface area (Å²) < 4.78 is 0. The van der Waals surface area contributed by atoms with Crippen LogP contribution < -0.4 is 33.2 Å². The van der Waals surface area contributed by atoms with E-state index in [1.165, 1.54) is 0 Å². The van der Waals surface area contributed by atoms with Crippen LogP contribution in [0, 0.1) is 5.92 Å². The number of hydrogen-bond donors (Lipinski definition) is 7. The molecule has 0 aromatic heterocycles. The van der Waals surface area contributed by atoms with Crippen molar-refractivity contribution in [2.75, 3.05) is 0 Å². The molecule has 1 aromatic carbocycles. The summed E-state index contributed by atoms with van der Waals surface area (Å²) in [5, 5.41) is 16.8. The molecule has 5 amide bonds. The molecule has 0 aliphatic heterocycles. The number of rotatable bonds is 15. The normalized spacial score (nSPS) is 14.1. The van der Waals surface area contributed by atoms with E-state index in [1.807, 2.05) is 0 Å². The molecule has 0 radical (unpaired) electrons. The van der Waals surface area contributed by atoms with Crippen LogP contribution in [0.2, 0.25) is 0 Å². The largest absolute Gasteiger partial charge is 0.480 e. The molecule has 0 bridgehead atoms. The molecule has 4 atom stereocenters. The Morgan fingerprint density at radius 2 is 1.42 bits per heavy atom. The summed E-state index contributed by atoms with van der Waals surface area (Å²) in [6, 6.07) is 3.67. The zero-order valence-corrected chi connectivity index (χ0v) is 20.2. The van der Waals surface area contributed by atoms with Crippen LogP contribution in [0.5, 0.6) is 0 Å². The minimum Gasteiger partial charge on any atom is -0.480 e. The van der Waals surface area contributed by atoms with E-state index >= 15 is 0 Å². The highest BCUT2D eigenvalue weighted by Crippen LogP contribution is 2.08. The summed E-state index contributed by atoms with van der Waals surface area (Å²) in [6.07, 6.45) is -0.898. The van der Waals surface area contributed by atoms with Gasteiger partial charge in [-0.05, 0) is 17.9 Å². The maximum Gasteiger partial charge on any atom is 0.326 e. The fourth-order valence-electron chi connectivity index (χ4n) is 3.24. The summed E-state index contributed by atoms with van der Waals surface area (Å²) in [5.41, 5.74) is 16.5. The van der Waals surface area contributed by atoms with E-state index in [2.05, 4.69) is 16.0 Å². The number of carbonyl (C=O) groups excluding carboxylic acids is 5. The molecule has 13 heteroatoms. The van der Waals surface area contributed by atoms with Gasteiger partial charge in [-0.1, -0.05) is 44.2 Å². The average Bonchev–Trinajstić information content (AvgIpc) is 2.78. The third-order valence-electron chi connectivity index (χ3n) is 5.21. The van der Waals surface area contributed by atoms with Crippen molar-refractivity contribution in [3.8, 4) is 0 Å². The number of hydrogen-bond acceptors (Lipinski definition) is 7. The SMILES string of the molecule is CC(C)C(NC(=O)C(N)CC(N)=O)C(=O)NC(Cc1ccccc1)C(=O)NC(CCC(N)=O)C(=O)O. The molecule has 1 rings (SSSR count). The quantitative estimate of drug-likeness (QED) is 0.139. The van der Waals surface area contributed by atoms with Gasteiger partial charge in [-0.25, -0.2) is 4.79 Å². The van der Waals surface area contributed by atoms with Gasteiger partial charge >= 0.3 is 5.97 Å². The van der Waals surface area contributed by atoms with Gasteiger partial charge in [0.2, 0.25) is 29.5 Å². The lowest BCUT2D eigenvalue weighted by molar-refractivity contribution is -0.142. The van der Waals surface area contributed by atoms with Gasteiger partial charge in [-0.15, -0.1) is 0 Å². The first-order valence-electron chi connectivity index (χ1n) is 11.3. The van der Waals surface area contributed by atoms with Gasteiger partial charge in [0, 0.05) is 12.8 Å². The lowest BCUT2D eigenvalue weighted by Crippen LogP contribution is -2.59. The van der Waals surface area contributed by atoms with Crippen molar-refractivity contribution in [3.05, 3.63) is 35.9 Å². The number of nitrogens with two attached hydrogens (primary N) is 3. The molecule has 36 heavy (non-hydrogen) atoms. The number of benzene rings is 1. The highest BCUT2D eigenvalue weighted by molar-refractivity contribution is 5.95. The molecule has 198 valence electrons. The molecule has 0 aliphatic carbocycles. The van der Waals surface area contributed by atoms with Crippen LogP contribution in [0.3, 0.4) is 0 Å². The van der Waals surface area contributed by atoms with Crippen LogP contribution >= 0.6 is 0 Å². The number of carboxylic acids is 1. The summed E-state index contributed by atoms with van der Waals surface area (Å²) in [4.78, 5) is 72.1. The van der Waals surface area contributed by atoms with E-state index in [-0.39, 0.29) is 19.3 Å². The second-order valence-corrected chi connectivity index (χ2v) is 8.66. The molecule has 0 saturated heterocycles. The first-order valence-corrected chi connectivity index (χ1v) is 11.3. The van der Waals surface area contributed by atoms with Crippen LogP contribution in [0.4, 0.5) is 0 Å². The predicted molar refractivity (Wildman–Crippen MR) is 129 cm³/mol. The number of nitrogens with one attached hydrogen (secondary N) is 3. The maximum atomic E-state index is 13.1. The Balaban J connectivity index is 3.09. The van der Waals surface area contributed by atoms with Crippen LogP contribution in [0.1, 0.15) is 38.7 Å². The zero-order valence-electron chi connectivity index (χ0n) is 20.2. The minimum absolute atomic E-state index is 0.0144. The third kappa shape index (κ3) is 10.5. The molecule has 0 aliphatic rings. The summed E-state index contributed by atoms with van der Waals surface area (Å²) in [6.45, 7) is 3.31. The van der Waals surface area contributed by atoms with Gasteiger partial charge in [0.05, 0.1) is 12.5 Å². The lowest BCUT2D eigenvalue weighted by Gasteiger charge is -2.27. The van der Waals surface area contributed by atoms with Crippen molar-refractivity contribution in [3.63, 3.8) is 0 Å². The lowest BCUT2D eigenvalue weighted by atomic mass is 10.00. The Morgan fingerprint density at radius 3 is 1.92 bits per heavy atom. The van der Waals surface area contributed by atoms with E-state index in [4.69, 9.17) is 17.2 Å². The first-order chi connectivity index (χ1) is 16.8. The van der Waals surface area contributed by atoms with E-state index in [1.54, 1.807) is 44.2 Å². The van der Waals surface area contributed by atoms with Crippen molar-refractivity contribution in [1.82, 2.24) is 16.0 Å². The summed E-state index contributed by atoms with van der Waals surface area (Å²) in [5.74, 6) is -5.61. The molecule has 0 spiro atoms. The molecule has 13 nitrogen and oxygen atoms in total. The van der Waals surface area contributed by atoms with Gasteiger partial charge in [-0.2, -0.15) is 0 Å². The second kappa shape index (κ2) is 14.4. The summed E-state index contributed by atoms with van der Waals surface area (Å²) in [7, 11) is 0. The molecule has 10 N–H and O–H groups in total. The van der Waals surface area contributed by atoms with E-state index in [0.717, 1.165) is 0 Å². The zero-order chi connectivity index (χ0) is 27.4. The first kappa shape index (κ1) is 30.0. The van der Waals surface area contributed by atoms with E-state index in [9.17, 15) is 33.9 Å². The van der Waals surface area contributed by atoms with Crippen LogP contribution in [-0.2, 0) is 35.2 Å². The number of amides is 5. The standard InChI is InChI=1S/C23H34N6O7/c1-12(2)19(29-20(32)14(24)11-18(26)31)22(34)28-16(10-13-6-4-3-5-7-13)21(33)27-15(23(35)36)8-9-17(25)30/h3-7,12,14-16,19H,8-11,24H2,1-2H3,(H2,25,30)(H2,26,31)(H,27,33)(H,28,34)(H,29,32)(H,35,36). The van der Waals surface area contributed by atoms with Crippen molar-refractivity contribution < 1.29 is 33.9 Å². The van der Waals surface area contributed by atoms with E-state index in [0.29, 0.717) is 5.56 Å². The van der Waals surface area contributed by atoms with Gasteiger partial charge in [0.15, 0.2) is 0 Å². The number of carboxylic acid groups (broad SMARTS) is 1. The molecule has 0 fully saturated rings. The second-order valence-electron chi connectivity index (χ2n) is 8.66. The molecular weight excluding hydrogens is 472 g/mol. The Hall–Kier alpha value is -4.00. The smallest absolute Gasteiger partial charge is 0.326 e. The van der Waals surface area contributed by atoms with Crippen LogP contribution in [0.25, 0.3) is 0 Å². The highest BCUT2D eigenvalue weighted by atomic mass is 16.4. The van der Waals surface area contributed by atoms with Gasteiger partial charge in [-0.3, -0.25) is 24.0 Å². The average molecular weight is 507 g/mol. The fraction of sp³-hybridized carbons (Fsp3) is 0.478. The van der Waals surface area contributed by atoms with Crippen LogP contribution in [0.15, 0.2) is 30.3 Å². The van der Waals surface area contributed by atoms with Crippen molar-refractivity contribution >= 4 is 35.5 Å². The molecule has 0 saturated carbocycles. The molecule has 4 unspecified atom stereocenters. The maximum absolute atomic E-state index is 13.1. The van der Waals surface area contributed by atoms with Crippen molar-refractivity contribution in [1.29, 1.82) is 0 Å². The van der Waals surface area contributed by atoms with Crippen LogP contribution in [-0.4, -0.2) is 64.8 Å². The number of aliphatic carboxylic acids is 1. The fourth-order valence-corrected chi connectivity index (χ4v) is 3.24. The molecular formula is C23H34N6O7. The molecule has 0 heterocycles. The van der Waals surface area contributed by atoms with Gasteiger partial charge in [0.1, 0.15) is 18.1 Å². The minimum atomic E-state index is -1.41. The Labute approximate surface area is 208 Å². The molecule has 1 aromatic rings. The topological polar surface area (TPSA) is 237 Å². The number of primary amides is 2. The van der Waals surface area contributed by atoms with Gasteiger partial charge < -0.3 is 38.3 Å². The van der Waals surface area contributed by atoms with Crippen molar-refractivity contribution in [2.45, 2.75) is 63.7 Å². The van der Waals surface area contributed by atoms with Gasteiger partial charge in [0.25, 0.3) is 0 Å². The monoisotopic (exact) mass is 506 g/mol. The van der Waals surface area contributed by atoms with Crippen molar-refractivity contribution in [2.24, 2.45) is 23.1 Å². The van der Waals surface area contributed by atoms with E-state index < -0.39 is 72.0 Å². The summed E-state index contributed by atoms with van der Waals surface area (Å²) >= 11 is 0. The number of carbonyl (C=O) groups is 6.